The van der Waals surface area contributed by atoms with Crippen LogP contribution in [0.1, 0.15) is 6.92 Å². The van der Waals surface area contributed by atoms with Gasteiger partial charge in [0.2, 0.25) is 5.69 Å². The third kappa shape index (κ3) is 1.32. The zero-order chi connectivity index (χ0) is 11.9. The molecule has 1 aromatic heterocycles. The van der Waals surface area contributed by atoms with E-state index >= 15 is 0 Å². The maximum atomic E-state index is 5.68. The van der Waals surface area contributed by atoms with E-state index in [0.29, 0.717) is 5.84 Å². The Balaban J connectivity index is 2.14. The summed E-state index contributed by atoms with van der Waals surface area (Å²) in [6.07, 6.45) is 8.87. The molecule has 1 unspecified atom stereocenters. The van der Waals surface area contributed by atoms with Crippen LogP contribution in [0, 0.1) is 0 Å². The quantitative estimate of drug-likeness (QED) is 0.746. The Hall–Kier alpha value is -2.28. The van der Waals surface area contributed by atoms with Crippen LogP contribution in [0.3, 0.4) is 0 Å². The summed E-state index contributed by atoms with van der Waals surface area (Å²) in [6.45, 7) is 2.84. The van der Waals surface area contributed by atoms with Gasteiger partial charge < -0.3 is 5.73 Å². The van der Waals surface area contributed by atoms with Gasteiger partial charge in [0.1, 0.15) is 12.4 Å². The Bertz CT molecular complexity index is 577. The SMILES string of the molecule is CCn1cc([N+]23C=CN=CC2=NC(N)=N3)cn1. The average molecular weight is 230 g/mol. The summed E-state index contributed by atoms with van der Waals surface area (Å²) in [5.41, 5.74) is 6.58. The first-order chi connectivity index (χ1) is 8.24. The molecule has 7 heteroatoms. The summed E-state index contributed by atoms with van der Waals surface area (Å²) in [6, 6.07) is 0. The van der Waals surface area contributed by atoms with Crippen molar-refractivity contribution in [2.75, 3.05) is 0 Å². The molecule has 0 spiro atoms. The van der Waals surface area contributed by atoms with E-state index in [0.717, 1.165) is 12.2 Å². The summed E-state index contributed by atoms with van der Waals surface area (Å²) >= 11 is 0. The number of aliphatic imine (C=N–C) groups is 2. The number of hydrogen-bond acceptors (Lipinski definition) is 5. The number of aromatic nitrogens is 2. The average Bonchev–Trinajstić information content (AvgIpc) is 2.91. The number of rotatable bonds is 2. The minimum atomic E-state index is 0.120. The Morgan fingerprint density at radius 1 is 1.47 bits per heavy atom. The molecule has 2 N–H and O–H groups in total. The molecule has 86 valence electrons. The highest BCUT2D eigenvalue weighted by molar-refractivity contribution is 6.37. The zero-order valence-corrected chi connectivity index (χ0v) is 9.35. The molecule has 0 saturated carbocycles. The molecule has 0 bridgehead atoms. The van der Waals surface area contributed by atoms with Crippen molar-refractivity contribution in [2.24, 2.45) is 20.8 Å². The molecule has 1 aromatic rings. The van der Waals surface area contributed by atoms with Crippen molar-refractivity contribution in [3.8, 4) is 0 Å². The number of guanidine groups is 1. The second kappa shape index (κ2) is 3.36. The summed E-state index contributed by atoms with van der Waals surface area (Å²) in [5.74, 6) is 0.933. The van der Waals surface area contributed by atoms with Crippen LogP contribution in [-0.2, 0) is 6.54 Å². The van der Waals surface area contributed by atoms with Crippen molar-refractivity contribution >= 4 is 23.7 Å². The van der Waals surface area contributed by atoms with Gasteiger partial charge in [-0.15, -0.1) is 0 Å². The van der Waals surface area contributed by atoms with E-state index in [2.05, 4.69) is 20.2 Å². The van der Waals surface area contributed by atoms with Crippen LogP contribution < -0.4 is 10.3 Å². The Labute approximate surface area is 97.9 Å². The standard InChI is InChI=1S/C10H12N7/c1-2-16-7-8(5-13-16)17-4-3-12-6-9(17)14-10(11)15-17/h3-7H,2H2,1H3,(H2,11,15)/q+1. The maximum absolute atomic E-state index is 5.68. The molecule has 0 amide bonds. The second-order valence-corrected chi connectivity index (χ2v) is 3.74. The van der Waals surface area contributed by atoms with Gasteiger partial charge in [0.15, 0.2) is 6.20 Å². The topological polar surface area (TPSA) is 80.9 Å². The van der Waals surface area contributed by atoms with Crippen LogP contribution in [-0.4, -0.2) is 27.8 Å². The first-order valence-electron chi connectivity index (χ1n) is 5.32. The van der Waals surface area contributed by atoms with Gasteiger partial charge in [0, 0.05) is 6.54 Å². The lowest BCUT2D eigenvalue weighted by molar-refractivity contribution is 0.589. The van der Waals surface area contributed by atoms with Crippen LogP contribution in [0.25, 0.3) is 0 Å². The molecule has 17 heavy (non-hydrogen) atoms. The van der Waals surface area contributed by atoms with E-state index in [1.807, 2.05) is 24.0 Å². The smallest absolute Gasteiger partial charge is 0.286 e. The van der Waals surface area contributed by atoms with Crippen molar-refractivity contribution < 1.29 is 0 Å². The zero-order valence-electron chi connectivity index (χ0n) is 9.35. The van der Waals surface area contributed by atoms with Crippen LogP contribution >= 0.6 is 0 Å². The lowest BCUT2D eigenvalue weighted by atomic mass is 10.4. The van der Waals surface area contributed by atoms with Crippen LogP contribution in [0.2, 0.25) is 0 Å². The van der Waals surface area contributed by atoms with E-state index in [1.54, 1.807) is 18.6 Å². The molecule has 1 atom stereocenters. The fourth-order valence-corrected chi connectivity index (χ4v) is 1.88. The predicted octanol–water partition coefficient (Wildman–Crippen LogP) is 0.408. The van der Waals surface area contributed by atoms with Gasteiger partial charge in [-0.05, 0) is 12.0 Å². The molecule has 2 aliphatic heterocycles. The lowest BCUT2D eigenvalue weighted by Gasteiger charge is -2.21. The largest absolute Gasteiger partial charge is 0.363 e. The molecule has 0 aliphatic carbocycles. The van der Waals surface area contributed by atoms with Gasteiger partial charge in [-0.25, -0.2) is 0 Å². The van der Waals surface area contributed by atoms with E-state index in [-0.39, 0.29) is 10.6 Å². The Kier molecular flexibility index (Phi) is 1.96. The van der Waals surface area contributed by atoms with Crippen LogP contribution in [0.15, 0.2) is 39.9 Å². The van der Waals surface area contributed by atoms with Crippen molar-refractivity contribution in [2.45, 2.75) is 13.5 Å². The summed E-state index contributed by atoms with van der Waals surface area (Å²) in [7, 11) is 0. The van der Waals surface area contributed by atoms with Crippen molar-refractivity contribution in [3.05, 3.63) is 24.8 Å². The van der Waals surface area contributed by atoms with Crippen LogP contribution in [0.5, 0.6) is 0 Å². The molecule has 0 saturated heterocycles. The Morgan fingerprint density at radius 3 is 3.12 bits per heavy atom. The number of hydrogen-bond donors (Lipinski definition) is 1. The van der Waals surface area contributed by atoms with E-state index < -0.39 is 0 Å². The van der Waals surface area contributed by atoms with Gasteiger partial charge in [-0.3, -0.25) is 9.67 Å². The highest BCUT2D eigenvalue weighted by Crippen LogP contribution is 2.29. The second-order valence-electron chi connectivity index (χ2n) is 3.74. The maximum Gasteiger partial charge on any atom is 0.286 e. The number of fused-ring (bicyclic) bond motifs is 1. The first-order valence-corrected chi connectivity index (χ1v) is 5.32. The summed E-state index contributed by atoms with van der Waals surface area (Å²) in [5, 5.41) is 8.60. The predicted molar refractivity (Wildman–Crippen MR) is 66.4 cm³/mol. The Morgan fingerprint density at radius 2 is 2.35 bits per heavy atom. The summed E-state index contributed by atoms with van der Waals surface area (Å²) in [4.78, 5) is 8.22. The number of aryl methyl sites for hydroxylation is 1. The molecular formula is C10H12N7+. The van der Waals surface area contributed by atoms with Gasteiger partial charge in [0.05, 0.1) is 12.4 Å². The molecule has 0 fully saturated rings. The summed E-state index contributed by atoms with van der Waals surface area (Å²) < 4.78 is 1.96. The van der Waals surface area contributed by atoms with Crippen molar-refractivity contribution in [1.29, 1.82) is 0 Å². The number of quaternary nitrogens is 1. The molecule has 0 radical (unpaired) electrons. The van der Waals surface area contributed by atoms with Crippen molar-refractivity contribution in [1.82, 2.24) is 14.4 Å². The number of nitrogens with two attached hydrogens (primary N) is 1. The third-order valence-electron chi connectivity index (χ3n) is 2.73. The van der Waals surface area contributed by atoms with Crippen molar-refractivity contribution in [3.63, 3.8) is 0 Å². The molecule has 0 aromatic carbocycles. The molecule has 2 aliphatic rings. The van der Waals surface area contributed by atoms with Crippen LogP contribution in [0.4, 0.5) is 5.69 Å². The minimum Gasteiger partial charge on any atom is -0.363 e. The third-order valence-corrected chi connectivity index (χ3v) is 2.73. The first kappa shape index (κ1) is 9.91. The molecule has 7 nitrogen and oxygen atoms in total. The van der Waals surface area contributed by atoms with E-state index in [1.165, 1.54) is 0 Å². The molecule has 3 heterocycles. The molecular weight excluding hydrogens is 218 g/mol. The number of amidine groups is 1. The fourth-order valence-electron chi connectivity index (χ4n) is 1.88. The highest BCUT2D eigenvalue weighted by atomic mass is 15.7. The minimum absolute atomic E-state index is 0.120. The highest BCUT2D eigenvalue weighted by Gasteiger charge is 2.43. The lowest BCUT2D eigenvalue weighted by Crippen LogP contribution is -2.44. The van der Waals surface area contributed by atoms with Gasteiger partial charge >= 0.3 is 0 Å². The monoisotopic (exact) mass is 230 g/mol. The van der Waals surface area contributed by atoms with Gasteiger partial charge in [-0.2, -0.15) is 10.1 Å². The fraction of sp³-hybridized carbons (Fsp3) is 0.200. The number of nitrogens with zero attached hydrogens (tertiary/aromatic N) is 6. The van der Waals surface area contributed by atoms with Gasteiger partial charge in [-0.1, -0.05) is 4.59 Å². The van der Waals surface area contributed by atoms with Gasteiger partial charge in [0.25, 0.3) is 11.8 Å². The van der Waals surface area contributed by atoms with E-state index in [9.17, 15) is 0 Å². The normalized spacial score (nSPS) is 25.7. The molecule has 3 rings (SSSR count). The van der Waals surface area contributed by atoms with E-state index in [4.69, 9.17) is 5.73 Å².